The molecule has 7 nitrogen and oxygen atoms in total. The number of aromatic nitrogens is 3. The van der Waals surface area contributed by atoms with Gasteiger partial charge < -0.3 is 10.6 Å². The monoisotopic (exact) mass is 423 g/mol. The molecule has 0 bridgehead atoms. The van der Waals surface area contributed by atoms with Crippen molar-refractivity contribution in [2.75, 3.05) is 18.8 Å². The van der Waals surface area contributed by atoms with Gasteiger partial charge in [0.25, 0.3) is 0 Å². The van der Waals surface area contributed by atoms with Crippen molar-refractivity contribution < 1.29 is 9.59 Å². The first kappa shape index (κ1) is 20.4. The van der Waals surface area contributed by atoms with Gasteiger partial charge in [0.05, 0.1) is 22.7 Å². The van der Waals surface area contributed by atoms with Crippen LogP contribution in [-0.4, -0.2) is 50.2 Å². The van der Waals surface area contributed by atoms with Gasteiger partial charge in [0.1, 0.15) is 0 Å². The van der Waals surface area contributed by atoms with E-state index in [1.165, 1.54) is 11.8 Å². The van der Waals surface area contributed by atoms with E-state index in [9.17, 15) is 9.59 Å². The highest BCUT2D eigenvalue weighted by Crippen LogP contribution is 2.31. The second-order valence-corrected chi connectivity index (χ2v) is 8.63. The van der Waals surface area contributed by atoms with E-state index in [4.69, 9.17) is 10.7 Å². The van der Waals surface area contributed by atoms with E-state index in [1.807, 2.05) is 52.7 Å². The molecule has 30 heavy (non-hydrogen) atoms. The average molecular weight is 424 g/mol. The van der Waals surface area contributed by atoms with Crippen molar-refractivity contribution >= 4 is 29.1 Å². The number of nitrogens with two attached hydrogens (primary N) is 1. The number of imidazole rings is 1. The number of primary amides is 1. The second-order valence-electron chi connectivity index (χ2n) is 7.68. The number of hydrogen-bond acceptors (Lipinski definition) is 5. The van der Waals surface area contributed by atoms with Crippen LogP contribution in [0.2, 0.25) is 0 Å². The summed E-state index contributed by atoms with van der Waals surface area (Å²) in [4.78, 5) is 30.7. The number of aryl methyl sites for hydroxylation is 2. The molecule has 0 atom stereocenters. The van der Waals surface area contributed by atoms with Crippen molar-refractivity contribution in [1.29, 1.82) is 0 Å². The molecule has 2 aromatic heterocycles. The van der Waals surface area contributed by atoms with Crippen molar-refractivity contribution in [2.45, 2.75) is 31.8 Å². The van der Waals surface area contributed by atoms with Crippen LogP contribution < -0.4 is 5.73 Å². The van der Waals surface area contributed by atoms with Gasteiger partial charge in [-0.25, -0.2) is 9.50 Å². The molecule has 2 N–H and O–H groups in total. The summed E-state index contributed by atoms with van der Waals surface area (Å²) < 4.78 is 1.85. The third kappa shape index (κ3) is 4.05. The summed E-state index contributed by atoms with van der Waals surface area (Å²) >= 11 is 1.40. The molecule has 1 fully saturated rings. The predicted octanol–water partition coefficient (Wildman–Crippen LogP) is 2.83. The fourth-order valence-electron chi connectivity index (χ4n) is 3.93. The maximum absolute atomic E-state index is 12.7. The zero-order chi connectivity index (χ0) is 21.3. The molecule has 156 valence electrons. The van der Waals surface area contributed by atoms with Crippen LogP contribution in [0, 0.1) is 19.8 Å². The molecule has 1 aliphatic rings. The minimum Gasteiger partial charge on any atom is -0.369 e. The number of thioether (sulfide) groups is 1. The summed E-state index contributed by atoms with van der Waals surface area (Å²) in [6.45, 7) is 5.15. The summed E-state index contributed by atoms with van der Waals surface area (Å²) in [7, 11) is 0. The summed E-state index contributed by atoms with van der Waals surface area (Å²) in [6.07, 6.45) is 1.27. The average Bonchev–Trinajstić information content (AvgIpc) is 3.11. The molecule has 4 rings (SSSR count). The Bertz CT molecular complexity index is 1090. The lowest BCUT2D eigenvalue weighted by Crippen LogP contribution is -2.42. The molecular formula is C22H25N5O2S. The molecule has 2 amide bonds. The number of carbonyl (C=O) groups is 2. The SMILES string of the molecule is Cc1cc(C)c2c(-c3ccccc3)nc(SCC(=O)N3CCC(C(N)=O)CC3)n2n1. The molecule has 0 aliphatic carbocycles. The lowest BCUT2D eigenvalue weighted by molar-refractivity contribution is -0.132. The van der Waals surface area contributed by atoms with Crippen molar-refractivity contribution in [3.63, 3.8) is 0 Å². The predicted molar refractivity (Wildman–Crippen MR) is 117 cm³/mol. The van der Waals surface area contributed by atoms with Crippen LogP contribution in [0.1, 0.15) is 24.1 Å². The summed E-state index contributed by atoms with van der Waals surface area (Å²) in [5.74, 6) is -0.0686. The number of hydrogen-bond donors (Lipinski definition) is 1. The number of amides is 2. The van der Waals surface area contributed by atoms with Gasteiger partial charge in [-0.1, -0.05) is 42.1 Å². The van der Waals surface area contributed by atoms with Crippen LogP contribution in [0.4, 0.5) is 0 Å². The first-order valence-electron chi connectivity index (χ1n) is 10.1. The Morgan fingerprint density at radius 1 is 1.17 bits per heavy atom. The highest BCUT2D eigenvalue weighted by atomic mass is 32.2. The third-order valence-corrected chi connectivity index (χ3v) is 6.42. The molecule has 3 aromatic rings. The Balaban J connectivity index is 1.56. The highest BCUT2D eigenvalue weighted by Gasteiger charge is 2.26. The lowest BCUT2D eigenvalue weighted by Gasteiger charge is -2.30. The minimum atomic E-state index is -0.273. The fraction of sp³-hybridized carbons (Fsp3) is 0.364. The fourth-order valence-corrected chi connectivity index (χ4v) is 4.77. The first-order chi connectivity index (χ1) is 14.4. The van der Waals surface area contributed by atoms with E-state index < -0.39 is 0 Å². The van der Waals surface area contributed by atoms with Gasteiger partial charge in [0, 0.05) is 24.6 Å². The first-order valence-corrected chi connectivity index (χ1v) is 11.0. The van der Waals surface area contributed by atoms with Crippen molar-refractivity contribution in [3.05, 3.63) is 47.7 Å². The van der Waals surface area contributed by atoms with Crippen LogP contribution in [0.5, 0.6) is 0 Å². The van der Waals surface area contributed by atoms with Gasteiger partial charge in [-0.05, 0) is 38.3 Å². The Kier molecular flexibility index (Phi) is 5.76. The molecule has 1 saturated heterocycles. The number of fused-ring (bicyclic) bond motifs is 1. The largest absolute Gasteiger partial charge is 0.369 e. The van der Waals surface area contributed by atoms with E-state index in [1.54, 1.807) is 0 Å². The Morgan fingerprint density at radius 3 is 2.53 bits per heavy atom. The maximum atomic E-state index is 12.7. The highest BCUT2D eigenvalue weighted by molar-refractivity contribution is 7.99. The van der Waals surface area contributed by atoms with Gasteiger partial charge in [-0.15, -0.1) is 0 Å². The number of likely N-dealkylation sites (tertiary alicyclic amines) is 1. The van der Waals surface area contributed by atoms with E-state index in [0.717, 1.165) is 28.0 Å². The lowest BCUT2D eigenvalue weighted by atomic mass is 9.96. The number of carbonyl (C=O) groups excluding carboxylic acids is 2. The van der Waals surface area contributed by atoms with Crippen LogP contribution >= 0.6 is 11.8 Å². The van der Waals surface area contributed by atoms with Crippen LogP contribution in [0.15, 0.2) is 41.6 Å². The van der Waals surface area contributed by atoms with Gasteiger partial charge in [-0.2, -0.15) is 5.10 Å². The van der Waals surface area contributed by atoms with Crippen LogP contribution in [0.3, 0.4) is 0 Å². The summed E-state index contributed by atoms with van der Waals surface area (Å²) in [5, 5.41) is 5.36. The molecule has 0 spiro atoms. The van der Waals surface area contributed by atoms with Crippen LogP contribution in [-0.2, 0) is 9.59 Å². The molecule has 0 unspecified atom stereocenters. The van der Waals surface area contributed by atoms with Crippen molar-refractivity contribution in [1.82, 2.24) is 19.5 Å². The minimum absolute atomic E-state index is 0.0466. The molecule has 8 heteroatoms. The standard InChI is InChI=1S/C22H25N5O2S/c1-14-12-15(2)25-27-20(14)19(16-6-4-3-5-7-16)24-22(27)30-13-18(28)26-10-8-17(9-11-26)21(23)29/h3-7,12,17H,8-11,13H2,1-2H3,(H2,23,29). The Hall–Kier alpha value is -2.87. The zero-order valence-electron chi connectivity index (χ0n) is 17.2. The second kappa shape index (κ2) is 8.47. The Morgan fingerprint density at radius 2 is 1.87 bits per heavy atom. The molecule has 0 radical (unpaired) electrons. The van der Waals surface area contributed by atoms with E-state index >= 15 is 0 Å². The van der Waals surface area contributed by atoms with E-state index in [-0.39, 0.29) is 23.5 Å². The zero-order valence-corrected chi connectivity index (χ0v) is 18.0. The summed E-state index contributed by atoms with van der Waals surface area (Å²) in [6, 6.07) is 12.1. The van der Waals surface area contributed by atoms with Gasteiger partial charge in [0.15, 0.2) is 5.16 Å². The summed E-state index contributed by atoms with van der Waals surface area (Å²) in [5.41, 5.74) is 10.2. The smallest absolute Gasteiger partial charge is 0.233 e. The topological polar surface area (TPSA) is 93.6 Å². The van der Waals surface area contributed by atoms with Crippen molar-refractivity contribution in [3.8, 4) is 11.3 Å². The quantitative estimate of drug-likeness (QED) is 0.637. The van der Waals surface area contributed by atoms with E-state index in [2.05, 4.69) is 12.0 Å². The molecular weight excluding hydrogens is 398 g/mol. The van der Waals surface area contributed by atoms with Gasteiger partial charge >= 0.3 is 0 Å². The van der Waals surface area contributed by atoms with Crippen molar-refractivity contribution in [2.24, 2.45) is 11.7 Å². The third-order valence-electron chi connectivity index (χ3n) is 5.50. The molecule has 1 aromatic carbocycles. The number of nitrogens with zero attached hydrogens (tertiary/aromatic N) is 4. The molecule has 1 aliphatic heterocycles. The molecule has 3 heterocycles. The van der Waals surface area contributed by atoms with Crippen LogP contribution in [0.25, 0.3) is 16.8 Å². The number of piperidine rings is 1. The molecule has 0 saturated carbocycles. The number of benzene rings is 1. The Labute approximate surface area is 179 Å². The van der Waals surface area contributed by atoms with Gasteiger partial charge in [0.2, 0.25) is 11.8 Å². The number of rotatable bonds is 5. The maximum Gasteiger partial charge on any atom is 0.233 e. The van der Waals surface area contributed by atoms with E-state index in [0.29, 0.717) is 31.1 Å². The normalized spacial score (nSPS) is 14.9. The van der Waals surface area contributed by atoms with Gasteiger partial charge in [-0.3, -0.25) is 9.59 Å².